The number of aryl methyl sites for hydroxylation is 1. The lowest BCUT2D eigenvalue weighted by molar-refractivity contribution is 0.433. The van der Waals surface area contributed by atoms with Crippen LogP contribution in [0.1, 0.15) is 5.69 Å². The van der Waals surface area contributed by atoms with Crippen LogP contribution in [0.15, 0.2) is 32.5 Å². The van der Waals surface area contributed by atoms with E-state index in [1.54, 1.807) is 6.92 Å². The van der Waals surface area contributed by atoms with E-state index in [2.05, 4.69) is 9.40 Å². The van der Waals surface area contributed by atoms with Gasteiger partial charge in [0.1, 0.15) is 6.26 Å². The Balaban J connectivity index is 2.60. The molecule has 15 heavy (non-hydrogen) atoms. The number of aromatic nitrogens is 1. The number of furan rings is 1. The fourth-order valence-corrected chi connectivity index (χ4v) is 1.71. The number of oxazole rings is 1. The molecular formula is C8H6FNO4S. The van der Waals surface area contributed by atoms with Gasteiger partial charge in [-0.15, -0.1) is 0 Å². The normalized spacial score (nSPS) is 11.9. The van der Waals surface area contributed by atoms with Crippen LogP contribution in [-0.4, -0.2) is 13.4 Å². The average molecular weight is 231 g/mol. The first-order valence-corrected chi connectivity index (χ1v) is 5.31. The van der Waals surface area contributed by atoms with Crippen LogP contribution in [0.25, 0.3) is 11.5 Å². The lowest BCUT2D eigenvalue weighted by Crippen LogP contribution is -1.92. The molecule has 7 heteroatoms. The Morgan fingerprint density at radius 2 is 2.13 bits per heavy atom. The van der Waals surface area contributed by atoms with Crippen LogP contribution >= 0.6 is 0 Å². The average Bonchev–Trinajstić information content (AvgIpc) is 2.68. The Hall–Kier alpha value is -1.63. The Kier molecular flexibility index (Phi) is 2.11. The molecule has 0 aliphatic carbocycles. The second-order valence-electron chi connectivity index (χ2n) is 2.85. The molecule has 5 nitrogen and oxygen atoms in total. The van der Waals surface area contributed by atoms with Crippen LogP contribution < -0.4 is 0 Å². The number of rotatable bonds is 2. The minimum Gasteiger partial charge on any atom is -0.450 e. The van der Waals surface area contributed by atoms with Crippen LogP contribution in [0.4, 0.5) is 3.89 Å². The van der Waals surface area contributed by atoms with Gasteiger partial charge in [-0.3, -0.25) is 0 Å². The summed E-state index contributed by atoms with van der Waals surface area (Å²) in [6.07, 6.45) is 2.39. The summed E-state index contributed by atoms with van der Waals surface area (Å²) in [6, 6.07) is 1.28. The monoisotopic (exact) mass is 231 g/mol. The van der Waals surface area contributed by atoms with Gasteiger partial charge in [-0.05, 0) is 13.0 Å². The first kappa shape index (κ1) is 9.91. The highest BCUT2D eigenvalue weighted by atomic mass is 32.3. The van der Waals surface area contributed by atoms with Gasteiger partial charge in [-0.1, -0.05) is 3.89 Å². The van der Waals surface area contributed by atoms with Gasteiger partial charge in [0.2, 0.25) is 5.89 Å². The topological polar surface area (TPSA) is 73.3 Å². The quantitative estimate of drug-likeness (QED) is 0.738. The van der Waals surface area contributed by atoms with Gasteiger partial charge >= 0.3 is 10.2 Å². The molecule has 0 N–H and O–H groups in total. The van der Waals surface area contributed by atoms with Crippen LogP contribution in [0.5, 0.6) is 0 Å². The predicted octanol–water partition coefficient (Wildman–Crippen LogP) is 1.90. The smallest absolute Gasteiger partial charge is 0.366 e. The lowest BCUT2D eigenvalue weighted by Gasteiger charge is -1.92. The Morgan fingerprint density at radius 3 is 2.67 bits per heavy atom. The van der Waals surface area contributed by atoms with Crippen molar-refractivity contribution >= 4 is 10.2 Å². The molecule has 0 saturated carbocycles. The first-order chi connectivity index (χ1) is 6.98. The van der Waals surface area contributed by atoms with E-state index >= 15 is 0 Å². The van der Waals surface area contributed by atoms with E-state index in [-0.39, 0.29) is 11.5 Å². The van der Waals surface area contributed by atoms with E-state index in [1.165, 1.54) is 12.3 Å². The third-order valence-corrected chi connectivity index (χ3v) is 2.46. The number of halogens is 1. The number of nitrogens with zero attached hydrogens (tertiary/aromatic N) is 1. The van der Waals surface area contributed by atoms with Gasteiger partial charge in [0.05, 0.1) is 17.5 Å². The van der Waals surface area contributed by atoms with E-state index < -0.39 is 15.3 Å². The van der Waals surface area contributed by atoms with Crippen molar-refractivity contribution in [1.82, 2.24) is 4.98 Å². The Labute approximate surface area is 84.7 Å². The van der Waals surface area contributed by atoms with Crippen molar-refractivity contribution in [2.45, 2.75) is 12.0 Å². The highest BCUT2D eigenvalue weighted by molar-refractivity contribution is 7.86. The number of hydrogen-bond acceptors (Lipinski definition) is 5. The molecule has 0 saturated heterocycles. The molecule has 0 spiro atoms. The second kappa shape index (κ2) is 3.20. The molecule has 0 amide bonds. The van der Waals surface area contributed by atoms with E-state index in [9.17, 15) is 12.3 Å². The largest absolute Gasteiger partial charge is 0.450 e. The third-order valence-electron chi connectivity index (χ3n) is 1.70. The summed E-state index contributed by atoms with van der Waals surface area (Å²) in [5, 5.41) is -0.788. The highest BCUT2D eigenvalue weighted by Gasteiger charge is 2.25. The molecular weight excluding hydrogens is 225 g/mol. The zero-order chi connectivity index (χ0) is 11.1. The zero-order valence-corrected chi connectivity index (χ0v) is 8.41. The Bertz CT molecular complexity index is 583. The maximum atomic E-state index is 12.7. The molecule has 0 radical (unpaired) electrons. The van der Waals surface area contributed by atoms with Crippen molar-refractivity contribution in [3.8, 4) is 11.5 Å². The predicted molar refractivity (Wildman–Crippen MR) is 47.2 cm³/mol. The SMILES string of the molecule is Cc1coc(-c2ccoc2S(=O)(=O)F)n1. The summed E-state index contributed by atoms with van der Waals surface area (Å²) in [7, 11) is -4.90. The van der Waals surface area contributed by atoms with Crippen LogP contribution in [-0.2, 0) is 10.2 Å². The lowest BCUT2D eigenvalue weighted by atomic mass is 10.3. The standard InChI is InChI=1S/C8H6FNO4S/c1-5-4-14-7(10-5)6-2-3-13-8(6)15(9,11)12/h2-4H,1H3. The molecule has 0 fully saturated rings. The van der Waals surface area contributed by atoms with Crippen LogP contribution in [0.2, 0.25) is 0 Å². The first-order valence-electron chi connectivity index (χ1n) is 3.93. The summed E-state index contributed by atoms with van der Waals surface area (Å²) < 4.78 is 43.5. The van der Waals surface area contributed by atoms with Crippen molar-refractivity contribution in [2.24, 2.45) is 0 Å². The molecule has 0 atom stereocenters. The van der Waals surface area contributed by atoms with Crippen molar-refractivity contribution in [3.63, 3.8) is 0 Å². The van der Waals surface area contributed by atoms with Crippen molar-refractivity contribution in [1.29, 1.82) is 0 Å². The summed E-state index contributed by atoms with van der Waals surface area (Å²) in [4.78, 5) is 3.87. The van der Waals surface area contributed by atoms with E-state index in [0.29, 0.717) is 5.69 Å². The van der Waals surface area contributed by atoms with Gasteiger partial charge < -0.3 is 8.83 Å². The molecule has 2 rings (SSSR count). The van der Waals surface area contributed by atoms with Crippen LogP contribution in [0, 0.1) is 6.92 Å². The molecule has 80 valence electrons. The molecule has 2 aromatic heterocycles. The second-order valence-corrected chi connectivity index (χ2v) is 4.10. The minimum atomic E-state index is -4.90. The molecule has 2 aromatic rings. The van der Waals surface area contributed by atoms with Crippen molar-refractivity contribution in [2.75, 3.05) is 0 Å². The molecule has 0 aliphatic rings. The van der Waals surface area contributed by atoms with Crippen molar-refractivity contribution < 1.29 is 21.1 Å². The minimum absolute atomic E-state index is 0.0116. The van der Waals surface area contributed by atoms with Gasteiger partial charge in [-0.25, -0.2) is 4.98 Å². The molecule has 0 aliphatic heterocycles. The maximum Gasteiger partial charge on any atom is 0.366 e. The van der Waals surface area contributed by atoms with E-state index in [0.717, 1.165) is 6.26 Å². The summed E-state index contributed by atoms with van der Waals surface area (Å²) >= 11 is 0. The number of hydrogen-bond donors (Lipinski definition) is 0. The molecule has 0 unspecified atom stereocenters. The van der Waals surface area contributed by atoms with Crippen LogP contribution in [0.3, 0.4) is 0 Å². The Morgan fingerprint density at radius 1 is 1.40 bits per heavy atom. The molecule has 0 bridgehead atoms. The van der Waals surface area contributed by atoms with Gasteiger partial charge in [0.25, 0.3) is 5.09 Å². The van der Waals surface area contributed by atoms with Gasteiger partial charge in [-0.2, -0.15) is 8.42 Å². The highest BCUT2D eigenvalue weighted by Crippen LogP contribution is 2.28. The molecule has 2 heterocycles. The summed E-state index contributed by atoms with van der Waals surface area (Å²) in [5.41, 5.74) is 0.541. The van der Waals surface area contributed by atoms with E-state index in [4.69, 9.17) is 4.42 Å². The summed E-state index contributed by atoms with van der Waals surface area (Å²) in [5.74, 6) is 0.0116. The van der Waals surface area contributed by atoms with Gasteiger partial charge in [0, 0.05) is 0 Å². The molecule has 0 aromatic carbocycles. The maximum absolute atomic E-state index is 12.7. The zero-order valence-electron chi connectivity index (χ0n) is 7.60. The summed E-state index contributed by atoms with van der Waals surface area (Å²) in [6.45, 7) is 1.66. The van der Waals surface area contributed by atoms with Gasteiger partial charge in [0.15, 0.2) is 0 Å². The van der Waals surface area contributed by atoms with Crippen molar-refractivity contribution in [3.05, 3.63) is 24.3 Å². The fourth-order valence-electron chi connectivity index (χ4n) is 1.12. The third kappa shape index (κ3) is 1.78. The fraction of sp³-hybridized carbons (Fsp3) is 0.125. The van der Waals surface area contributed by atoms with E-state index in [1.807, 2.05) is 0 Å².